The van der Waals surface area contributed by atoms with Gasteiger partial charge in [-0.25, -0.2) is 8.78 Å². The molecule has 0 saturated heterocycles. The highest BCUT2D eigenvalue weighted by Crippen LogP contribution is 2.37. The number of rotatable bonds is 10. The smallest absolute Gasteiger partial charge is 0.248 e. The van der Waals surface area contributed by atoms with Crippen molar-refractivity contribution in [2.45, 2.75) is 40.2 Å². The third kappa shape index (κ3) is 6.74. The first-order valence-corrected chi connectivity index (χ1v) is 11.1. The van der Waals surface area contributed by atoms with Crippen molar-refractivity contribution in [1.82, 2.24) is 4.98 Å². The summed E-state index contributed by atoms with van der Waals surface area (Å²) in [5, 5.41) is 2.87. The van der Waals surface area contributed by atoms with Gasteiger partial charge in [0, 0.05) is 48.2 Å². The van der Waals surface area contributed by atoms with Crippen molar-refractivity contribution in [3.8, 4) is 22.6 Å². The first kappa shape index (κ1) is 25.1. The van der Waals surface area contributed by atoms with Crippen LogP contribution in [0.3, 0.4) is 0 Å². The number of amides is 1. The Labute approximate surface area is 196 Å². The fraction of sp³-hybridized carbons (Fsp3) is 0.308. The molecular weight excluding hydrogens is 442 g/mol. The van der Waals surface area contributed by atoms with Crippen LogP contribution < -0.4 is 15.6 Å². The Morgan fingerprint density at radius 3 is 2.53 bits per heavy atom. The van der Waals surface area contributed by atoms with E-state index in [4.69, 9.17) is 9.47 Å². The van der Waals surface area contributed by atoms with E-state index in [0.29, 0.717) is 41.3 Å². The number of ether oxygens (including phenoxy) is 2. The zero-order valence-corrected chi connectivity index (χ0v) is 19.4. The number of benzene rings is 2. The Kier molecular flexibility index (Phi) is 8.54. The molecule has 0 atom stereocenters. The summed E-state index contributed by atoms with van der Waals surface area (Å²) < 4.78 is 38.9. The molecule has 8 heteroatoms. The third-order valence-electron chi connectivity index (χ3n) is 5.09. The van der Waals surface area contributed by atoms with Crippen LogP contribution in [-0.4, -0.2) is 17.5 Å². The van der Waals surface area contributed by atoms with E-state index in [2.05, 4.69) is 10.3 Å². The average molecular weight is 471 g/mol. The maximum Gasteiger partial charge on any atom is 0.248 e. The molecule has 180 valence electrons. The van der Waals surface area contributed by atoms with E-state index in [1.54, 1.807) is 18.2 Å². The molecule has 0 unspecified atom stereocenters. The monoisotopic (exact) mass is 470 g/mol. The second-order valence-corrected chi connectivity index (χ2v) is 8.24. The standard InChI is InChI=1S/C26H28F2N2O4/c1-4-33-15-17-11-26(32)29-14-21(17)20-13-19(30-25(31)10-5-16(2)3)7-9-23(20)34-24-8-6-18(27)12-22(24)28/h6-9,11-14,16H,4-5,10,15H2,1-3H3,(H,29,32)(H,30,31). The molecule has 0 radical (unpaired) electrons. The summed E-state index contributed by atoms with van der Waals surface area (Å²) in [4.78, 5) is 27.0. The Hall–Kier alpha value is -3.52. The van der Waals surface area contributed by atoms with Crippen LogP contribution >= 0.6 is 0 Å². The lowest BCUT2D eigenvalue weighted by molar-refractivity contribution is -0.116. The Bertz CT molecular complexity index is 1210. The fourth-order valence-corrected chi connectivity index (χ4v) is 3.32. The SMILES string of the molecule is CCOCc1cc(=O)[nH]cc1-c1cc(NC(=O)CCC(C)C)ccc1Oc1ccc(F)cc1F. The van der Waals surface area contributed by atoms with E-state index in [9.17, 15) is 18.4 Å². The van der Waals surface area contributed by atoms with Gasteiger partial charge in [-0.3, -0.25) is 9.59 Å². The molecule has 0 spiro atoms. The molecule has 0 aliphatic rings. The number of H-pyrrole nitrogens is 1. The summed E-state index contributed by atoms with van der Waals surface area (Å²) in [6.07, 6.45) is 2.65. The largest absolute Gasteiger partial charge is 0.454 e. The zero-order chi connectivity index (χ0) is 24.7. The van der Waals surface area contributed by atoms with Gasteiger partial charge in [-0.2, -0.15) is 0 Å². The average Bonchev–Trinajstić information content (AvgIpc) is 2.79. The lowest BCUT2D eigenvalue weighted by Gasteiger charge is -2.17. The molecule has 1 aromatic heterocycles. The molecule has 34 heavy (non-hydrogen) atoms. The summed E-state index contributed by atoms with van der Waals surface area (Å²) in [6, 6.07) is 9.37. The van der Waals surface area contributed by atoms with Crippen molar-refractivity contribution < 1.29 is 23.0 Å². The number of pyridine rings is 1. The second-order valence-electron chi connectivity index (χ2n) is 8.24. The maximum absolute atomic E-state index is 14.3. The Morgan fingerprint density at radius 2 is 1.82 bits per heavy atom. The Morgan fingerprint density at radius 1 is 1.06 bits per heavy atom. The molecule has 1 amide bonds. The van der Waals surface area contributed by atoms with Gasteiger partial charge in [-0.05, 0) is 55.2 Å². The van der Waals surface area contributed by atoms with Gasteiger partial charge in [-0.1, -0.05) is 13.8 Å². The van der Waals surface area contributed by atoms with Crippen LogP contribution in [-0.2, 0) is 16.1 Å². The lowest BCUT2D eigenvalue weighted by Crippen LogP contribution is -2.12. The van der Waals surface area contributed by atoms with E-state index < -0.39 is 11.6 Å². The van der Waals surface area contributed by atoms with Crippen LogP contribution in [0, 0.1) is 17.6 Å². The van der Waals surface area contributed by atoms with Crippen molar-refractivity contribution in [3.63, 3.8) is 0 Å². The van der Waals surface area contributed by atoms with E-state index >= 15 is 0 Å². The van der Waals surface area contributed by atoms with Crippen molar-refractivity contribution >= 4 is 11.6 Å². The molecule has 2 N–H and O–H groups in total. The maximum atomic E-state index is 14.3. The molecule has 0 bridgehead atoms. The van der Waals surface area contributed by atoms with Gasteiger partial charge in [0.25, 0.3) is 0 Å². The summed E-state index contributed by atoms with van der Waals surface area (Å²) in [5.41, 5.74) is 1.89. The Balaban J connectivity index is 2.04. The van der Waals surface area contributed by atoms with Gasteiger partial charge < -0.3 is 19.8 Å². The number of hydrogen-bond donors (Lipinski definition) is 2. The number of anilines is 1. The van der Waals surface area contributed by atoms with Crippen molar-refractivity contribution in [2.24, 2.45) is 5.92 Å². The number of halogens is 2. The highest BCUT2D eigenvalue weighted by atomic mass is 19.1. The lowest BCUT2D eigenvalue weighted by atomic mass is 10.0. The minimum absolute atomic E-state index is 0.131. The van der Waals surface area contributed by atoms with Crippen LogP contribution in [0.1, 0.15) is 39.2 Å². The van der Waals surface area contributed by atoms with Gasteiger partial charge in [-0.15, -0.1) is 0 Å². The number of aromatic nitrogens is 1. The fourth-order valence-electron chi connectivity index (χ4n) is 3.32. The van der Waals surface area contributed by atoms with E-state index in [1.807, 2.05) is 20.8 Å². The molecule has 1 heterocycles. The highest BCUT2D eigenvalue weighted by molar-refractivity contribution is 5.92. The zero-order valence-electron chi connectivity index (χ0n) is 19.4. The summed E-state index contributed by atoms with van der Waals surface area (Å²) >= 11 is 0. The first-order chi connectivity index (χ1) is 16.3. The van der Waals surface area contributed by atoms with Crippen molar-refractivity contribution in [2.75, 3.05) is 11.9 Å². The molecule has 3 rings (SSSR count). The normalized spacial score (nSPS) is 11.0. The summed E-state index contributed by atoms with van der Waals surface area (Å²) in [6.45, 7) is 6.55. The van der Waals surface area contributed by atoms with E-state index in [1.165, 1.54) is 18.3 Å². The highest BCUT2D eigenvalue weighted by Gasteiger charge is 2.16. The first-order valence-electron chi connectivity index (χ1n) is 11.1. The molecule has 0 aliphatic carbocycles. The molecular formula is C26H28F2N2O4. The number of aromatic amines is 1. The molecule has 0 saturated carbocycles. The topological polar surface area (TPSA) is 80.4 Å². The van der Waals surface area contributed by atoms with Gasteiger partial charge in [0.15, 0.2) is 11.6 Å². The molecule has 0 aliphatic heterocycles. The minimum Gasteiger partial charge on any atom is -0.454 e. The summed E-state index contributed by atoms with van der Waals surface area (Å²) in [5.74, 6) is -1.21. The molecule has 2 aromatic carbocycles. The van der Waals surface area contributed by atoms with Crippen LogP contribution in [0.5, 0.6) is 11.5 Å². The number of nitrogens with one attached hydrogen (secondary N) is 2. The number of carbonyl (C=O) groups is 1. The predicted molar refractivity (Wildman–Crippen MR) is 127 cm³/mol. The van der Waals surface area contributed by atoms with Crippen LogP contribution in [0.2, 0.25) is 0 Å². The van der Waals surface area contributed by atoms with Crippen molar-refractivity contribution in [3.05, 3.63) is 76.2 Å². The van der Waals surface area contributed by atoms with Gasteiger partial charge >= 0.3 is 0 Å². The quantitative estimate of drug-likeness (QED) is 0.380. The van der Waals surface area contributed by atoms with Crippen molar-refractivity contribution in [1.29, 1.82) is 0 Å². The van der Waals surface area contributed by atoms with Gasteiger partial charge in [0.2, 0.25) is 11.5 Å². The summed E-state index contributed by atoms with van der Waals surface area (Å²) in [7, 11) is 0. The van der Waals surface area contributed by atoms with Crippen LogP contribution in [0.15, 0.2) is 53.5 Å². The predicted octanol–water partition coefficient (Wildman–Crippen LogP) is 6.02. The van der Waals surface area contributed by atoms with E-state index in [-0.39, 0.29) is 29.6 Å². The number of carbonyl (C=O) groups excluding carboxylic acids is 1. The van der Waals surface area contributed by atoms with Gasteiger partial charge in [0.05, 0.1) is 6.61 Å². The molecule has 0 fully saturated rings. The van der Waals surface area contributed by atoms with Gasteiger partial charge in [0.1, 0.15) is 11.6 Å². The molecule has 3 aromatic rings. The van der Waals surface area contributed by atoms with E-state index in [0.717, 1.165) is 18.6 Å². The minimum atomic E-state index is -0.854. The van der Waals surface area contributed by atoms with Crippen LogP contribution in [0.4, 0.5) is 14.5 Å². The van der Waals surface area contributed by atoms with Crippen LogP contribution in [0.25, 0.3) is 11.1 Å². The second kappa shape index (κ2) is 11.6. The molecule has 6 nitrogen and oxygen atoms in total. The third-order valence-corrected chi connectivity index (χ3v) is 5.09. The number of hydrogen-bond acceptors (Lipinski definition) is 4.